The first kappa shape index (κ1) is 18.9. The molecule has 0 aromatic heterocycles. The lowest BCUT2D eigenvalue weighted by Gasteiger charge is -2.26. The van der Waals surface area contributed by atoms with Gasteiger partial charge >= 0.3 is 6.09 Å². The standard InChI is InChI=1S/C16H24N2O5/c1-16(2,3)23-15(21)17-12(13(19)14(20)18-22-4)10-11-8-6-5-7-9-11/h5-9,12-13,19H,10H2,1-4H3,(H,17,21)(H,18,20). The van der Waals surface area contributed by atoms with Gasteiger partial charge in [-0.3, -0.25) is 9.63 Å². The van der Waals surface area contributed by atoms with Crippen molar-refractivity contribution in [2.24, 2.45) is 0 Å². The third-order valence-electron chi connectivity index (χ3n) is 2.85. The summed E-state index contributed by atoms with van der Waals surface area (Å²) in [6.45, 7) is 5.19. The number of hydrogen-bond donors (Lipinski definition) is 3. The first-order valence-electron chi connectivity index (χ1n) is 7.27. The smallest absolute Gasteiger partial charge is 0.407 e. The van der Waals surface area contributed by atoms with Crippen LogP contribution in [0.3, 0.4) is 0 Å². The minimum absolute atomic E-state index is 0.262. The molecular weight excluding hydrogens is 300 g/mol. The first-order valence-corrected chi connectivity index (χ1v) is 7.27. The van der Waals surface area contributed by atoms with Gasteiger partial charge in [0.1, 0.15) is 5.60 Å². The largest absolute Gasteiger partial charge is 0.444 e. The molecule has 2 amide bonds. The molecule has 0 spiro atoms. The summed E-state index contributed by atoms with van der Waals surface area (Å²) in [5, 5.41) is 12.7. The summed E-state index contributed by atoms with van der Waals surface area (Å²) in [6.07, 6.45) is -1.93. The molecule has 0 saturated carbocycles. The van der Waals surface area contributed by atoms with Crippen molar-refractivity contribution < 1.29 is 24.3 Å². The van der Waals surface area contributed by atoms with Crippen molar-refractivity contribution in [1.82, 2.24) is 10.8 Å². The van der Waals surface area contributed by atoms with E-state index in [0.717, 1.165) is 5.56 Å². The maximum atomic E-state index is 11.9. The van der Waals surface area contributed by atoms with Crippen LogP contribution in [0, 0.1) is 0 Å². The molecule has 1 aromatic rings. The fraction of sp³-hybridized carbons (Fsp3) is 0.500. The number of aliphatic hydroxyl groups excluding tert-OH is 1. The maximum Gasteiger partial charge on any atom is 0.407 e. The van der Waals surface area contributed by atoms with Gasteiger partial charge < -0.3 is 15.2 Å². The highest BCUT2D eigenvalue weighted by molar-refractivity contribution is 5.81. The second-order valence-electron chi connectivity index (χ2n) is 6.06. The second-order valence-corrected chi connectivity index (χ2v) is 6.06. The Hall–Kier alpha value is -2.12. The molecular formula is C16H24N2O5. The zero-order valence-corrected chi connectivity index (χ0v) is 13.8. The van der Waals surface area contributed by atoms with Crippen LogP contribution in [0.15, 0.2) is 30.3 Å². The Morgan fingerprint density at radius 3 is 2.35 bits per heavy atom. The highest BCUT2D eigenvalue weighted by atomic mass is 16.6. The minimum Gasteiger partial charge on any atom is -0.444 e. The quantitative estimate of drug-likeness (QED) is 0.682. The highest BCUT2D eigenvalue weighted by Gasteiger charge is 2.29. The van der Waals surface area contributed by atoms with E-state index >= 15 is 0 Å². The van der Waals surface area contributed by atoms with Gasteiger partial charge in [0.05, 0.1) is 13.2 Å². The molecule has 0 fully saturated rings. The lowest BCUT2D eigenvalue weighted by molar-refractivity contribution is -0.141. The number of ether oxygens (including phenoxy) is 1. The van der Waals surface area contributed by atoms with Crippen molar-refractivity contribution in [2.45, 2.75) is 44.9 Å². The lowest BCUT2D eigenvalue weighted by Crippen LogP contribution is -2.52. The van der Waals surface area contributed by atoms with Crippen LogP contribution in [0.4, 0.5) is 4.79 Å². The van der Waals surface area contributed by atoms with Crippen molar-refractivity contribution in [2.75, 3.05) is 7.11 Å². The first-order chi connectivity index (χ1) is 10.7. The predicted octanol–water partition coefficient (Wildman–Crippen LogP) is 1.16. The van der Waals surface area contributed by atoms with Crippen LogP contribution in [0.25, 0.3) is 0 Å². The number of carbonyl (C=O) groups is 2. The van der Waals surface area contributed by atoms with E-state index in [0.29, 0.717) is 0 Å². The number of alkyl carbamates (subject to hydrolysis) is 1. The monoisotopic (exact) mass is 324 g/mol. The Bertz CT molecular complexity index is 513. The van der Waals surface area contributed by atoms with Gasteiger partial charge in [-0.15, -0.1) is 0 Å². The molecule has 7 heteroatoms. The van der Waals surface area contributed by atoms with E-state index in [1.54, 1.807) is 20.8 Å². The third-order valence-corrected chi connectivity index (χ3v) is 2.85. The van der Waals surface area contributed by atoms with Crippen LogP contribution in [-0.2, 0) is 20.8 Å². The van der Waals surface area contributed by atoms with Gasteiger partial charge in [0.2, 0.25) is 0 Å². The maximum absolute atomic E-state index is 11.9. The SMILES string of the molecule is CONC(=O)C(O)C(Cc1ccccc1)NC(=O)OC(C)(C)C. The summed E-state index contributed by atoms with van der Waals surface area (Å²) in [4.78, 5) is 28.2. The van der Waals surface area contributed by atoms with E-state index in [-0.39, 0.29) is 6.42 Å². The number of hydrogen-bond acceptors (Lipinski definition) is 5. The summed E-state index contributed by atoms with van der Waals surface area (Å²) < 4.78 is 5.17. The molecule has 3 N–H and O–H groups in total. The summed E-state index contributed by atoms with van der Waals surface area (Å²) in [7, 11) is 1.26. The van der Waals surface area contributed by atoms with Crippen LogP contribution in [0.1, 0.15) is 26.3 Å². The van der Waals surface area contributed by atoms with Crippen LogP contribution < -0.4 is 10.8 Å². The third kappa shape index (κ3) is 7.12. The fourth-order valence-corrected chi connectivity index (χ4v) is 1.91. The van der Waals surface area contributed by atoms with Gasteiger partial charge in [-0.25, -0.2) is 10.3 Å². The van der Waals surface area contributed by atoms with E-state index in [1.807, 2.05) is 30.3 Å². The van der Waals surface area contributed by atoms with Crippen molar-refractivity contribution in [3.63, 3.8) is 0 Å². The second kappa shape index (κ2) is 8.50. The molecule has 0 aliphatic carbocycles. The van der Waals surface area contributed by atoms with Crippen LogP contribution in [-0.4, -0.2) is 42.0 Å². The minimum atomic E-state index is -1.48. The Labute approximate surface area is 135 Å². The Kier molecular flexibility index (Phi) is 6.99. The van der Waals surface area contributed by atoms with Crippen LogP contribution in [0.2, 0.25) is 0 Å². The average Bonchev–Trinajstić information content (AvgIpc) is 2.45. The molecule has 23 heavy (non-hydrogen) atoms. The highest BCUT2D eigenvalue weighted by Crippen LogP contribution is 2.10. The number of amides is 2. The van der Waals surface area contributed by atoms with E-state index in [9.17, 15) is 14.7 Å². The fourth-order valence-electron chi connectivity index (χ4n) is 1.91. The van der Waals surface area contributed by atoms with Crippen molar-refractivity contribution in [3.05, 3.63) is 35.9 Å². The number of aliphatic hydroxyl groups is 1. The molecule has 1 rings (SSSR count). The van der Waals surface area contributed by atoms with E-state index in [1.165, 1.54) is 7.11 Å². The molecule has 2 unspecified atom stereocenters. The molecule has 7 nitrogen and oxygen atoms in total. The van der Waals surface area contributed by atoms with Crippen molar-refractivity contribution >= 4 is 12.0 Å². The van der Waals surface area contributed by atoms with E-state index in [4.69, 9.17) is 4.74 Å². The van der Waals surface area contributed by atoms with Gasteiger partial charge in [-0.1, -0.05) is 30.3 Å². The number of carbonyl (C=O) groups excluding carboxylic acids is 2. The van der Waals surface area contributed by atoms with Gasteiger partial charge in [0.15, 0.2) is 6.10 Å². The number of rotatable bonds is 6. The molecule has 2 atom stereocenters. The van der Waals surface area contributed by atoms with Gasteiger partial charge in [0.25, 0.3) is 5.91 Å². The molecule has 0 radical (unpaired) electrons. The molecule has 0 saturated heterocycles. The topological polar surface area (TPSA) is 96.9 Å². The lowest BCUT2D eigenvalue weighted by atomic mass is 10.0. The predicted molar refractivity (Wildman–Crippen MR) is 84.5 cm³/mol. The summed E-state index contributed by atoms with van der Waals surface area (Å²) in [5.74, 6) is -0.746. The van der Waals surface area contributed by atoms with E-state index < -0.39 is 29.7 Å². The van der Waals surface area contributed by atoms with Crippen LogP contribution in [0.5, 0.6) is 0 Å². The molecule has 0 bridgehead atoms. The Morgan fingerprint density at radius 1 is 1.22 bits per heavy atom. The average molecular weight is 324 g/mol. The van der Waals surface area contributed by atoms with Crippen LogP contribution >= 0.6 is 0 Å². The molecule has 0 aliphatic heterocycles. The normalized spacial score (nSPS) is 13.8. The number of hydroxylamine groups is 1. The summed E-state index contributed by atoms with van der Waals surface area (Å²) in [5.41, 5.74) is 2.23. The summed E-state index contributed by atoms with van der Waals surface area (Å²) in [6, 6.07) is 8.34. The summed E-state index contributed by atoms with van der Waals surface area (Å²) >= 11 is 0. The van der Waals surface area contributed by atoms with Gasteiger partial charge in [-0.05, 0) is 32.8 Å². The number of benzene rings is 1. The van der Waals surface area contributed by atoms with Crippen molar-refractivity contribution in [3.8, 4) is 0 Å². The van der Waals surface area contributed by atoms with Crippen molar-refractivity contribution in [1.29, 1.82) is 0 Å². The molecule has 1 aromatic carbocycles. The van der Waals surface area contributed by atoms with Gasteiger partial charge in [0, 0.05) is 0 Å². The zero-order valence-electron chi connectivity index (χ0n) is 13.8. The Balaban J connectivity index is 2.83. The molecule has 0 aliphatic rings. The van der Waals surface area contributed by atoms with Gasteiger partial charge in [-0.2, -0.15) is 0 Å². The molecule has 0 heterocycles. The zero-order chi connectivity index (χ0) is 17.5. The number of nitrogens with one attached hydrogen (secondary N) is 2. The molecule has 128 valence electrons. The van der Waals surface area contributed by atoms with E-state index in [2.05, 4.69) is 15.6 Å². The Morgan fingerprint density at radius 2 is 1.83 bits per heavy atom.